The molecule has 1 aliphatic heterocycles. The van der Waals surface area contributed by atoms with Gasteiger partial charge in [0.25, 0.3) is 0 Å². The first-order chi connectivity index (χ1) is 15.2. The Labute approximate surface area is 186 Å². The molecule has 0 aliphatic carbocycles. The second-order valence-corrected chi connectivity index (χ2v) is 10.1. The summed E-state index contributed by atoms with van der Waals surface area (Å²) < 4.78 is 31.2. The van der Waals surface area contributed by atoms with E-state index in [2.05, 4.69) is 26.5 Å². The summed E-state index contributed by atoms with van der Waals surface area (Å²) in [5, 5.41) is 5.08. The molecule has 0 amide bonds. The Kier molecular flexibility index (Phi) is 6.07. The molecule has 2 aromatic heterocycles. The Morgan fingerprint density at radius 1 is 1.19 bits per heavy atom. The van der Waals surface area contributed by atoms with Gasteiger partial charge in [-0.1, -0.05) is 6.58 Å². The van der Waals surface area contributed by atoms with Crippen molar-refractivity contribution < 1.29 is 17.9 Å². The zero-order chi connectivity index (χ0) is 22.9. The molecule has 4 rings (SSSR count). The first kappa shape index (κ1) is 22.1. The molecule has 1 fully saturated rings. The lowest BCUT2D eigenvalue weighted by Crippen LogP contribution is -2.41. The average molecular weight is 456 g/mol. The van der Waals surface area contributed by atoms with Crippen LogP contribution >= 0.6 is 0 Å². The third kappa shape index (κ3) is 4.71. The predicted octanol–water partition coefficient (Wildman–Crippen LogP) is 2.21. The van der Waals surface area contributed by atoms with Crippen LogP contribution in [0.4, 0.5) is 0 Å². The van der Waals surface area contributed by atoms with Crippen molar-refractivity contribution in [3.05, 3.63) is 48.9 Å². The van der Waals surface area contributed by atoms with Crippen LogP contribution in [-0.4, -0.2) is 70.8 Å². The largest absolute Gasteiger partial charge is 0.474 e. The van der Waals surface area contributed by atoms with Gasteiger partial charge >= 0.3 is 0 Å². The predicted molar refractivity (Wildman–Crippen MR) is 120 cm³/mol. The lowest BCUT2D eigenvalue weighted by atomic mass is 10.1. The molecular formula is C22H25N5O4S. The third-order valence-corrected chi connectivity index (χ3v) is 6.62. The summed E-state index contributed by atoms with van der Waals surface area (Å²) >= 11 is 0. The molecule has 0 unspecified atom stereocenters. The zero-order valence-corrected chi connectivity index (χ0v) is 18.9. The van der Waals surface area contributed by atoms with Gasteiger partial charge in [0.1, 0.15) is 17.8 Å². The molecule has 0 saturated carbocycles. The Morgan fingerprint density at radius 3 is 2.50 bits per heavy atom. The smallest absolute Gasteiger partial charge is 0.228 e. The Balaban J connectivity index is 1.48. The number of carbonyl (C=O) groups is 1. The lowest BCUT2D eigenvalue weighted by Gasteiger charge is -2.31. The molecule has 0 radical (unpaired) electrons. The van der Waals surface area contributed by atoms with Gasteiger partial charge in [0.05, 0.1) is 23.3 Å². The number of Topliss-reactive ketones (excluding diaryl/α,β-unsaturated/α-hetero) is 1. The van der Waals surface area contributed by atoms with E-state index in [9.17, 15) is 13.2 Å². The molecule has 0 spiro atoms. The summed E-state index contributed by atoms with van der Waals surface area (Å²) in [4.78, 5) is 22.9. The van der Waals surface area contributed by atoms with Gasteiger partial charge in [0, 0.05) is 19.3 Å². The van der Waals surface area contributed by atoms with Crippen molar-refractivity contribution in [1.29, 1.82) is 0 Å². The van der Waals surface area contributed by atoms with E-state index in [0.29, 0.717) is 34.7 Å². The van der Waals surface area contributed by atoms with Crippen LogP contribution in [-0.2, 0) is 14.6 Å². The van der Waals surface area contributed by atoms with Crippen molar-refractivity contribution in [2.24, 2.45) is 0 Å². The number of benzene rings is 1. The normalized spacial score (nSPS) is 15.7. The number of fused-ring (bicyclic) bond motifs is 1. The number of hydrogen-bond donors (Lipinski definition) is 0. The standard InChI is InChI=1S/C22H25N5O4S/c1-15(2)20(28)13-26-10-8-17(9-11-26)31-22-19-12-25-27(21(19)23-14-24-22)16-4-6-18(7-5-16)32(3,29)30/h4-7,12,14,17H,1,8-11,13H2,2-3H3. The molecule has 9 nitrogen and oxygen atoms in total. The van der Waals surface area contributed by atoms with E-state index in [1.165, 1.54) is 12.6 Å². The summed E-state index contributed by atoms with van der Waals surface area (Å²) in [5.41, 5.74) is 1.84. The number of ketones is 1. The highest BCUT2D eigenvalue weighted by Crippen LogP contribution is 2.26. The molecule has 1 aromatic carbocycles. The van der Waals surface area contributed by atoms with Gasteiger partial charge in [-0.15, -0.1) is 0 Å². The molecule has 3 heterocycles. The minimum absolute atomic E-state index is 0.0123. The molecular weight excluding hydrogens is 430 g/mol. The van der Waals surface area contributed by atoms with E-state index in [-0.39, 0.29) is 16.8 Å². The molecule has 0 atom stereocenters. The number of piperidine rings is 1. The first-order valence-corrected chi connectivity index (χ1v) is 12.2. The first-order valence-electron chi connectivity index (χ1n) is 10.3. The molecule has 1 saturated heterocycles. The highest BCUT2D eigenvalue weighted by atomic mass is 32.2. The summed E-state index contributed by atoms with van der Waals surface area (Å²) in [6.07, 6.45) is 5.82. The summed E-state index contributed by atoms with van der Waals surface area (Å²) in [6, 6.07) is 6.47. The highest BCUT2D eigenvalue weighted by molar-refractivity contribution is 7.90. The number of rotatable bonds is 7. The van der Waals surface area contributed by atoms with Crippen LogP contribution in [0.25, 0.3) is 16.7 Å². The van der Waals surface area contributed by atoms with E-state index in [0.717, 1.165) is 25.9 Å². The number of likely N-dealkylation sites (tertiary alicyclic amines) is 1. The van der Waals surface area contributed by atoms with Crippen molar-refractivity contribution in [3.8, 4) is 11.6 Å². The number of sulfone groups is 1. The van der Waals surface area contributed by atoms with Crippen LogP contribution in [0.15, 0.2) is 53.8 Å². The van der Waals surface area contributed by atoms with Gasteiger partial charge in [-0.05, 0) is 49.6 Å². The fourth-order valence-electron chi connectivity index (χ4n) is 3.62. The van der Waals surface area contributed by atoms with Gasteiger partial charge < -0.3 is 4.74 Å². The lowest BCUT2D eigenvalue weighted by molar-refractivity contribution is -0.117. The Bertz CT molecular complexity index is 1260. The topological polar surface area (TPSA) is 107 Å². The van der Waals surface area contributed by atoms with E-state index < -0.39 is 9.84 Å². The Hall–Kier alpha value is -3.11. The highest BCUT2D eigenvalue weighted by Gasteiger charge is 2.24. The number of aromatic nitrogens is 4. The van der Waals surface area contributed by atoms with E-state index in [1.54, 1.807) is 42.1 Å². The molecule has 0 bridgehead atoms. The van der Waals surface area contributed by atoms with Gasteiger partial charge in [-0.25, -0.2) is 23.1 Å². The maximum absolute atomic E-state index is 11.9. The molecule has 32 heavy (non-hydrogen) atoms. The molecule has 10 heteroatoms. The van der Waals surface area contributed by atoms with Crippen molar-refractivity contribution in [1.82, 2.24) is 24.6 Å². The summed E-state index contributed by atoms with van der Waals surface area (Å²) in [5.74, 6) is 0.532. The second-order valence-electron chi connectivity index (χ2n) is 8.04. The van der Waals surface area contributed by atoms with Crippen LogP contribution < -0.4 is 4.74 Å². The van der Waals surface area contributed by atoms with Crippen LogP contribution in [0.3, 0.4) is 0 Å². The molecule has 168 valence electrons. The van der Waals surface area contributed by atoms with Crippen LogP contribution in [0.1, 0.15) is 19.8 Å². The third-order valence-electron chi connectivity index (χ3n) is 5.49. The van der Waals surface area contributed by atoms with Crippen molar-refractivity contribution >= 4 is 26.7 Å². The van der Waals surface area contributed by atoms with Crippen molar-refractivity contribution in [2.45, 2.75) is 30.8 Å². The molecule has 0 N–H and O–H groups in total. The fourth-order valence-corrected chi connectivity index (χ4v) is 4.25. The van der Waals surface area contributed by atoms with Gasteiger partial charge in [-0.3, -0.25) is 9.69 Å². The van der Waals surface area contributed by atoms with Gasteiger partial charge in [-0.2, -0.15) is 5.10 Å². The number of hydrogen-bond acceptors (Lipinski definition) is 8. The summed E-state index contributed by atoms with van der Waals surface area (Å²) in [7, 11) is -3.27. The number of carbonyl (C=O) groups excluding carboxylic acids is 1. The quantitative estimate of drug-likeness (QED) is 0.499. The van der Waals surface area contributed by atoms with E-state index in [1.807, 2.05) is 0 Å². The Morgan fingerprint density at radius 2 is 1.88 bits per heavy atom. The molecule has 3 aromatic rings. The average Bonchev–Trinajstić information content (AvgIpc) is 3.20. The molecule has 1 aliphatic rings. The minimum Gasteiger partial charge on any atom is -0.474 e. The van der Waals surface area contributed by atoms with E-state index in [4.69, 9.17) is 4.74 Å². The van der Waals surface area contributed by atoms with Crippen LogP contribution in [0.5, 0.6) is 5.88 Å². The maximum atomic E-state index is 11.9. The van der Waals surface area contributed by atoms with Crippen molar-refractivity contribution in [3.63, 3.8) is 0 Å². The SMILES string of the molecule is C=C(C)C(=O)CN1CCC(Oc2ncnc3c2cnn3-c2ccc(S(C)(=O)=O)cc2)CC1. The fraction of sp³-hybridized carbons (Fsp3) is 0.364. The number of nitrogens with zero attached hydrogens (tertiary/aromatic N) is 5. The number of ether oxygens (including phenoxy) is 1. The zero-order valence-electron chi connectivity index (χ0n) is 18.1. The maximum Gasteiger partial charge on any atom is 0.228 e. The monoisotopic (exact) mass is 455 g/mol. The van der Waals surface area contributed by atoms with Gasteiger partial charge in [0.15, 0.2) is 21.3 Å². The van der Waals surface area contributed by atoms with Crippen molar-refractivity contribution in [2.75, 3.05) is 25.9 Å². The van der Waals surface area contributed by atoms with Crippen LogP contribution in [0.2, 0.25) is 0 Å². The minimum atomic E-state index is -3.27. The summed E-state index contributed by atoms with van der Waals surface area (Å²) in [6.45, 7) is 7.37. The van der Waals surface area contributed by atoms with Crippen LogP contribution in [0, 0.1) is 0 Å². The van der Waals surface area contributed by atoms with Gasteiger partial charge in [0.2, 0.25) is 5.88 Å². The van der Waals surface area contributed by atoms with E-state index >= 15 is 0 Å². The second kappa shape index (κ2) is 8.79.